The number of amides is 1. The lowest BCUT2D eigenvalue weighted by Gasteiger charge is -2.11. The quantitative estimate of drug-likeness (QED) is 0.666. The van der Waals surface area contributed by atoms with Crippen LogP contribution in [-0.2, 0) is 6.54 Å². The molecule has 2 aromatic heterocycles. The van der Waals surface area contributed by atoms with Gasteiger partial charge in [-0.1, -0.05) is 19.9 Å². The van der Waals surface area contributed by atoms with Gasteiger partial charge in [-0.25, -0.2) is 5.43 Å². The molecule has 4 nitrogen and oxygen atoms in total. The van der Waals surface area contributed by atoms with E-state index in [0.717, 1.165) is 12.1 Å². The second kappa shape index (κ2) is 6.72. The van der Waals surface area contributed by atoms with Crippen LogP contribution >= 0.6 is 11.3 Å². The maximum absolute atomic E-state index is 11.8. The zero-order chi connectivity index (χ0) is 15.4. The number of hydrogen-bond donors (Lipinski definition) is 1. The van der Waals surface area contributed by atoms with E-state index in [-0.39, 0.29) is 5.91 Å². The molecule has 0 aliphatic heterocycles. The van der Waals surface area contributed by atoms with Crippen LogP contribution in [0.25, 0.3) is 0 Å². The predicted molar refractivity (Wildman–Crippen MR) is 88.1 cm³/mol. The van der Waals surface area contributed by atoms with Crippen LogP contribution in [0.3, 0.4) is 0 Å². The summed E-state index contributed by atoms with van der Waals surface area (Å²) in [5, 5.41) is 5.93. The van der Waals surface area contributed by atoms with Crippen LogP contribution in [0.5, 0.6) is 0 Å². The molecule has 2 rings (SSSR count). The lowest BCUT2D eigenvalue weighted by atomic mass is 10.2. The van der Waals surface area contributed by atoms with Gasteiger partial charge in [-0.05, 0) is 37.3 Å². The Morgan fingerprint density at radius 3 is 2.86 bits per heavy atom. The third-order valence-corrected chi connectivity index (χ3v) is 4.14. The van der Waals surface area contributed by atoms with Crippen molar-refractivity contribution in [3.8, 4) is 0 Å². The molecule has 0 unspecified atom stereocenters. The average molecular weight is 303 g/mol. The number of carbonyl (C=O) groups excluding carboxylic acids is 1. The Balaban J connectivity index is 2.06. The van der Waals surface area contributed by atoms with E-state index >= 15 is 0 Å². The third-order valence-electron chi connectivity index (χ3n) is 3.28. The largest absolute Gasteiger partial charge is 0.348 e. The molecule has 1 N–H and O–H groups in total. The van der Waals surface area contributed by atoms with Gasteiger partial charge in [-0.15, -0.1) is 11.3 Å². The number of thiophene rings is 1. The minimum atomic E-state index is -0.169. The summed E-state index contributed by atoms with van der Waals surface area (Å²) >= 11 is 1.40. The van der Waals surface area contributed by atoms with Gasteiger partial charge in [0.05, 0.1) is 11.1 Å². The Kier molecular flexibility index (Phi) is 4.96. The second-order valence-electron chi connectivity index (χ2n) is 5.51. The molecule has 0 saturated heterocycles. The van der Waals surface area contributed by atoms with E-state index in [0.29, 0.717) is 10.8 Å². The van der Waals surface area contributed by atoms with Crippen molar-refractivity contribution < 1.29 is 4.79 Å². The predicted octanol–water partition coefficient (Wildman–Crippen LogP) is 3.59. The molecule has 2 heterocycles. The molecule has 21 heavy (non-hydrogen) atoms. The van der Waals surface area contributed by atoms with E-state index in [2.05, 4.69) is 48.9 Å². The maximum Gasteiger partial charge on any atom is 0.281 e. The average Bonchev–Trinajstić information content (AvgIpc) is 3.03. The van der Waals surface area contributed by atoms with Gasteiger partial charge < -0.3 is 4.57 Å². The van der Waals surface area contributed by atoms with Gasteiger partial charge >= 0.3 is 0 Å². The van der Waals surface area contributed by atoms with Gasteiger partial charge in [-0.2, -0.15) is 5.10 Å². The van der Waals surface area contributed by atoms with Gasteiger partial charge in [0.15, 0.2) is 0 Å². The lowest BCUT2D eigenvalue weighted by Crippen LogP contribution is -2.16. The molecular formula is C16H21N3OS. The molecule has 112 valence electrons. The molecule has 0 radical (unpaired) electrons. The topological polar surface area (TPSA) is 46.4 Å². The highest BCUT2D eigenvalue weighted by Gasteiger charge is 2.09. The van der Waals surface area contributed by atoms with Gasteiger partial charge in [0, 0.05) is 23.5 Å². The Bertz CT molecular complexity index is 639. The van der Waals surface area contributed by atoms with Crippen molar-refractivity contribution in [3.63, 3.8) is 0 Å². The minimum absolute atomic E-state index is 0.169. The smallest absolute Gasteiger partial charge is 0.281 e. The Morgan fingerprint density at radius 1 is 1.48 bits per heavy atom. The molecule has 0 aromatic carbocycles. The third kappa shape index (κ3) is 3.82. The number of nitrogens with zero attached hydrogens (tertiary/aromatic N) is 2. The molecule has 0 bridgehead atoms. The van der Waals surface area contributed by atoms with Crippen molar-refractivity contribution in [1.82, 2.24) is 9.99 Å². The van der Waals surface area contributed by atoms with Crippen molar-refractivity contribution >= 4 is 23.5 Å². The Labute approximate surface area is 129 Å². The molecule has 0 saturated carbocycles. The molecular weight excluding hydrogens is 282 g/mol. The number of hydrogen-bond acceptors (Lipinski definition) is 3. The zero-order valence-electron chi connectivity index (χ0n) is 12.9. The normalized spacial score (nSPS) is 11.5. The monoisotopic (exact) mass is 303 g/mol. The summed E-state index contributed by atoms with van der Waals surface area (Å²) in [7, 11) is 0. The zero-order valence-corrected chi connectivity index (χ0v) is 13.7. The number of nitrogens with one attached hydrogen (secondary N) is 1. The van der Waals surface area contributed by atoms with Gasteiger partial charge in [0.1, 0.15) is 0 Å². The first-order chi connectivity index (χ1) is 9.99. The highest BCUT2D eigenvalue weighted by Crippen LogP contribution is 2.15. The van der Waals surface area contributed by atoms with Crippen LogP contribution < -0.4 is 5.43 Å². The summed E-state index contributed by atoms with van der Waals surface area (Å²) in [6, 6.07) is 5.73. The summed E-state index contributed by atoms with van der Waals surface area (Å²) in [6.07, 6.45) is 1.71. The first kappa shape index (κ1) is 15.5. The summed E-state index contributed by atoms with van der Waals surface area (Å²) < 4.78 is 2.28. The number of hydrazone groups is 1. The molecule has 0 spiro atoms. The maximum atomic E-state index is 11.8. The Morgan fingerprint density at radius 2 is 2.24 bits per heavy atom. The highest BCUT2D eigenvalue weighted by atomic mass is 32.1. The number of rotatable bonds is 5. The first-order valence-electron chi connectivity index (χ1n) is 7.02. The van der Waals surface area contributed by atoms with E-state index in [1.54, 1.807) is 12.3 Å². The number of aromatic nitrogens is 1. The van der Waals surface area contributed by atoms with Crippen molar-refractivity contribution in [2.45, 2.75) is 34.2 Å². The summed E-state index contributed by atoms with van der Waals surface area (Å²) in [4.78, 5) is 12.4. The molecule has 0 atom stereocenters. The SMILES string of the molecule is Cc1cc(C=NNC(=O)c2cccs2)c(C)n1CC(C)C. The Hall–Kier alpha value is -1.88. The van der Waals surface area contributed by atoms with E-state index in [1.807, 2.05) is 11.4 Å². The molecule has 0 aliphatic rings. The molecule has 0 aliphatic carbocycles. The summed E-state index contributed by atoms with van der Waals surface area (Å²) in [5.74, 6) is 0.426. The molecule has 0 fully saturated rings. The lowest BCUT2D eigenvalue weighted by molar-refractivity contribution is 0.0959. The van der Waals surface area contributed by atoms with E-state index in [9.17, 15) is 4.79 Å². The van der Waals surface area contributed by atoms with E-state index in [4.69, 9.17) is 0 Å². The number of carbonyl (C=O) groups is 1. The van der Waals surface area contributed by atoms with Crippen molar-refractivity contribution in [2.75, 3.05) is 0 Å². The standard InChI is InChI=1S/C16H21N3OS/c1-11(2)10-19-12(3)8-14(13(19)4)9-17-18-16(20)15-6-5-7-21-15/h5-9,11H,10H2,1-4H3,(H,18,20). The first-order valence-corrected chi connectivity index (χ1v) is 7.90. The van der Waals surface area contributed by atoms with Crippen molar-refractivity contribution in [2.24, 2.45) is 11.0 Å². The molecule has 2 aromatic rings. The molecule has 1 amide bonds. The second-order valence-corrected chi connectivity index (χ2v) is 6.46. The van der Waals surface area contributed by atoms with Crippen molar-refractivity contribution in [1.29, 1.82) is 0 Å². The fraction of sp³-hybridized carbons (Fsp3) is 0.375. The van der Waals surface area contributed by atoms with Crippen LogP contribution in [0.15, 0.2) is 28.7 Å². The minimum Gasteiger partial charge on any atom is -0.348 e. The van der Waals surface area contributed by atoms with Crippen LogP contribution in [0.4, 0.5) is 0 Å². The van der Waals surface area contributed by atoms with Crippen LogP contribution in [-0.4, -0.2) is 16.7 Å². The van der Waals surface area contributed by atoms with Crippen LogP contribution in [0.1, 0.15) is 40.5 Å². The van der Waals surface area contributed by atoms with Gasteiger partial charge in [-0.3, -0.25) is 4.79 Å². The summed E-state index contributed by atoms with van der Waals surface area (Å²) in [6.45, 7) is 9.57. The molecule has 5 heteroatoms. The fourth-order valence-electron chi connectivity index (χ4n) is 2.23. The fourth-order valence-corrected chi connectivity index (χ4v) is 2.84. The van der Waals surface area contributed by atoms with E-state index < -0.39 is 0 Å². The summed E-state index contributed by atoms with van der Waals surface area (Å²) in [5.41, 5.74) is 5.99. The van der Waals surface area contributed by atoms with E-state index in [1.165, 1.54) is 22.7 Å². The van der Waals surface area contributed by atoms with Crippen molar-refractivity contribution in [3.05, 3.63) is 45.4 Å². The van der Waals surface area contributed by atoms with Crippen LogP contribution in [0.2, 0.25) is 0 Å². The van der Waals surface area contributed by atoms with Gasteiger partial charge in [0.25, 0.3) is 5.91 Å². The van der Waals surface area contributed by atoms with Crippen LogP contribution in [0, 0.1) is 19.8 Å². The number of aryl methyl sites for hydroxylation is 1. The highest BCUT2D eigenvalue weighted by molar-refractivity contribution is 7.12. The van der Waals surface area contributed by atoms with Gasteiger partial charge in [0.2, 0.25) is 0 Å².